The molecule has 3 aromatic rings. The van der Waals surface area contributed by atoms with Crippen LogP contribution in [0.1, 0.15) is 11.6 Å². The average Bonchev–Trinajstić information content (AvgIpc) is 2.60. The Hall–Kier alpha value is -2.75. The molecule has 0 saturated carbocycles. The highest BCUT2D eigenvalue weighted by Gasteiger charge is 2.23. The zero-order chi connectivity index (χ0) is 16.3. The topological polar surface area (TPSA) is 82.9 Å². The minimum atomic E-state index is -3.87. The van der Waals surface area contributed by atoms with Crippen molar-refractivity contribution in [1.82, 2.24) is 9.71 Å². The van der Waals surface area contributed by atoms with Gasteiger partial charge in [-0.1, -0.05) is 48.5 Å². The summed E-state index contributed by atoms with van der Waals surface area (Å²) in [5.74, 6) is 0. The van der Waals surface area contributed by atoms with Crippen molar-refractivity contribution < 1.29 is 8.42 Å². The van der Waals surface area contributed by atoms with E-state index in [4.69, 9.17) is 0 Å². The van der Waals surface area contributed by atoms with Gasteiger partial charge in [-0.15, -0.1) is 0 Å². The van der Waals surface area contributed by atoms with Gasteiger partial charge in [-0.2, -0.15) is 9.98 Å². The smallest absolute Gasteiger partial charge is 0.243 e. The summed E-state index contributed by atoms with van der Waals surface area (Å²) in [4.78, 5) is 3.83. The van der Waals surface area contributed by atoms with E-state index in [0.717, 1.165) is 10.8 Å². The van der Waals surface area contributed by atoms with Crippen LogP contribution in [0.3, 0.4) is 0 Å². The van der Waals surface area contributed by atoms with Crippen LogP contribution in [0.25, 0.3) is 10.8 Å². The fraction of sp³-hybridized carbons (Fsp3) is 0.0588. The fourth-order valence-electron chi connectivity index (χ4n) is 2.38. The number of fused-ring (bicyclic) bond motifs is 1. The van der Waals surface area contributed by atoms with Crippen LogP contribution in [0.4, 0.5) is 0 Å². The van der Waals surface area contributed by atoms with Gasteiger partial charge in [0.25, 0.3) is 10.0 Å². The van der Waals surface area contributed by atoms with Gasteiger partial charge in [0.2, 0.25) is 0 Å². The Labute approximate surface area is 134 Å². The molecule has 0 unspecified atom stereocenters. The summed E-state index contributed by atoms with van der Waals surface area (Å²) in [6, 6.07) is 18.6. The Balaban J connectivity index is 2.02. The Morgan fingerprint density at radius 3 is 2.48 bits per heavy atom. The summed E-state index contributed by atoms with van der Waals surface area (Å²) in [5, 5.41) is 11.1. The van der Waals surface area contributed by atoms with Crippen molar-refractivity contribution >= 4 is 20.8 Å². The Kier molecular flexibility index (Phi) is 4.06. The van der Waals surface area contributed by atoms with Gasteiger partial charge in [-0.3, -0.25) is 0 Å². The first-order valence-electron chi connectivity index (χ1n) is 6.92. The summed E-state index contributed by atoms with van der Waals surface area (Å²) < 4.78 is 27.2. The molecule has 0 fully saturated rings. The molecule has 0 amide bonds. The van der Waals surface area contributed by atoms with Crippen molar-refractivity contribution in [2.24, 2.45) is 0 Å². The molecule has 1 atom stereocenters. The molecule has 0 radical (unpaired) electrons. The van der Waals surface area contributed by atoms with Gasteiger partial charge in [-0.05, 0) is 28.5 Å². The summed E-state index contributed by atoms with van der Waals surface area (Å²) in [6.45, 7) is 0. The normalized spacial score (nSPS) is 12.7. The molecule has 3 rings (SSSR count). The number of pyridine rings is 1. The second-order valence-electron chi connectivity index (χ2n) is 4.92. The number of aromatic nitrogens is 1. The van der Waals surface area contributed by atoms with Crippen LogP contribution in [0.2, 0.25) is 0 Å². The second-order valence-corrected chi connectivity index (χ2v) is 6.58. The van der Waals surface area contributed by atoms with Crippen molar-refractivity contribution in [2.75, 3.05) is 0 Å². The highest BCUT2D eigenvalue weighted by atomic mass is 32.2. The molecule has 2 aromatic carbocycles. The predicted octanol–water partition coefficient (Wildman–Crippen LogP) is 2.78. The number of nitrogens with one attached hydrogen (secondary N) is 1. The highest BCUT2D eigenvalue weighted by molar-refractivity contribution is 7.89. The number of hydrogen-bond acceptors (Lipinski definition) is 4. The third-order valence-corrected chi connectivity index (χ3v) is 4.79. The summed E-state index contributed by atoms with van der Waals surface area (Å²) in [6.07, 6.45) is 1.40. The first-order valence-corrected chi connectivity index (χ1v) is 8.41. The predicted molar refractivity (Wildman–Crippen MR) is 86.9 cm³/mol. The van der Waals surface area contributed by atoms with Crippen LogP contribution in [-0.2, 0) is 10.0 Å². The van der Waals surface area contributed by atoms with Gasteiger partial charge in [-0.25, -0.2) is 13.4 Å². The van der Waals surface area contributed by atoms with E-state index in [2.05, 4.69) is 9.71 Å². The van der Waals surface area contributed by atoms with Crippen LogP contribution in [-0.4, -0.2) is 13.4 Å². The molecule has 1 heterocycles. The SMILES string of the molecule is N#C[C@H](NS(=O)(=O)c1ccccn1)c1cccc2ccccc12. The van der Waals surface area contributed by atoms with Gasteiger partial charge in [0.05, 0.1) is 6.07 Å². The van der Waals surface area contributed by atoms with E-state index in [9.17, 15) is 13.7 Å². The maximum atomic E-state index is 12.4. The molecular weight excluding hydrogens is 310 g/mol. The van der Waals surface area contributed by atoms with E-state index in [-0.39, 0.29) is 5.03 Å². The second kappa shape index (κ2) is 6.16. The molecule has 0 aliphatic rings. The van der Waals surface area contributed by atoms with Crippen molar-refractivity contribution in [1.29, 1.82) is 5.26 Å². The van der Waals surface area contributed by atoms with Crippen LogP contribution in [0.15, 0.2) is 71.9 Å². The molecule has 1 N–H and O–H groups in total. The lowest BCUT2D eigenvalue weighted by Gasteiger charge is -2.14. The zero-order valence-electron chi connectivity index (χ0n) is 12.0. The molecule has 0 aliphatic heterocycles. The molecule has 0 spiro atoms. The number of nitriles is 1. The largest absolute Gasteiger partial charge is 0.259 e. The highest BCUT2D eigenvalue weighted by Crippen LogP contribution is 2.25. The zero-order valence-corrected chi connectivity index (χ0v) is 12.9. The first-order chi connectivity index (χ1) is 11.1. The van der Waals surface area contributed by atoms with Crippen molar-refractivity contribution in [3.05, 3.63) is 72.4 Å². The lowest BCUT2D eigenvalue weighted by atomic mass is 10.0. The van der Waals surface area contributed by atoms with E-state index < -0.39 is 16.1 Å². The number of rotatable bonds is 4. The van der Waals surface area contributed by atoms with E-state index in [0.29, 0.717) is 5.56 Å². The quantitative estimate of drug-likeness (QED) is 0.800. The minimum Gasteiger partial charge on any atom is -0.243 e. The van der Waals surface area contributed by atoms with Crippen LogP contribution in [0.5, 0.6) is 0 Å². The standard InChI is InChI=1S/C17H13N3O2S/c18-12-16(20-23(21,22)17-10-3-4-11-19-17)15-9-5-7-13-6-1-2-8-14(13)15/h1-11,16,20H/t16-/m0/s1. The molecule has 0 bridgehead atoms. The first kappa shape index (κ1) is 15.2. The van der Waals surface area contributed by atoms with Gasteiger partial charge in [0, 0.05) is 6.20 Å². The number of benzene rings is 2. The number of sulfonamides is 1. The lowest BCUT2D eigenvalue weighted by molar-refractivity contribution is 0.572. The summed E-state index contributed by atoms with van der Waals surface area (Å²) in [7, 11) is -3.87. The molecule has 6 heteroatoms. The van der Waals surface area contributed by atoms with Gasteiger partial charge in [0.15, 0.2) is 5.03 Å². The van der Waals surface area contributed by atoms with Crippen molar-refractivity contribution in [2.45, 2.75) is 11.1 Å². The third kappa shape index (κ3) is 3.06. The average molecular weight is 323 g/mol. The Morgan fingerprint density at radius 2 is 1.74 bits per heavy atom. The summed E-state index contributed by atoms with van der Waals surface area (Å²) in [5.41, 5.74) is 0.616. The van der Waals surface area contributed by atoms with Gasteiger partial charge < -0.3 is 0 Å². The monoisotopic (exact) mass is 323 g/mol. The number of hydrogen-bond donors (Lipinski definition) is 1. The lowest BCUT2D eigenvalue weighted by Crippen LogP contribution is -2.28. The Morgan fingerprint density at radius 1 is 1.00 bits per heavy atom. The van der Waals surface area contributed by atoms with Crippen LogP contribution < -0.4 is 4.72 Å². The molecule has 23 heavy (non-hydrogen) atoms. The maximum absolute atomic E-state index is 12.4. The summed E-state index contributed by atoms with van der Waals surface area (Å²) >= 11 is 0. The Bertz CT molecular complexity index is 974. The van der Waals surface area contributed by atoms with Crippen LogP contribution in [0, 0.1) is 11.3 Å². The van der Waals surface area contributed by atoms with E-state index in [1.165, 1.54) is 12.3 Å². The molecule has 0 aliphatic carbocycles. The van der Waals surface area contributed by atoms with Crippen molar-refractivity contribution in [3.8, 4) is 6.07 Å². The third-order valence-electron chi connectivity index (χ3n) is 3.45. The molecule has 114 valence electrons. The van der Waals surface area contributed by atoms with E-state index >= 15 is 0 Å². The molecule has 0 saturated heterocycles. The molecular formula is C17H13N3O2S. The van der Waals surface area contributed by atoms with Crippen molar-refractivity contribution in [3.63, 3.8) is 0 Å². The van der Waals surface area contributed by atoms with Crippen LogP contribution >= 0.6 is 0 Å². The fourth-order valence-corrected chi connectivity index (χ4v) is 3.45. The minimum absolute atomic E-state index is 0.111. The van der Waals surface area contributed by atoms with E-state index in [1.54, 1.807) is 24.3 Å². The van der Waals surface area contributed by atoms with E-state index in [1.807, 2.05) is 36.4 Å². The van der Waals surface area contributed by atoms with Gasteiger partial charge >= 0.3 is 0 Å². The van der Waals surface area contributed by atoms with Gasteiger partial charge in [0.1, 0.15) is 6.04 Å². The molecule has 5 nitrogen and oxygen atoms in total. The maximum Gasteiger partial charge on any atom is 0.259 e. The molecule has 1 aromatic heterocycles. The number of nitrogens with zero attached hydrogens (tertiary/aromatic N) is 2.